The summed E-state index contributed by atoms with van der Waals surface area (Å²) in [5.74, 6) is -12.7. The molecule has 1 aliphatic heterocycles. The van der Waals surface area contributed by atoms with Gasteiger partial charge in [0, 0.05) is 41.0 Å². The van der Waals surface area contributed by atoms with Crippen molar-refractivity contribution >= 4 is 65.2 Å². The predicted octanol–water partition coefficient (Wildman–Crippen LogP) is 2.97. The molecule has 8 amide bonds. The predicted molar refractivity (Wildman–Crippen MR) is 299 cm³/mol. The van der Waals surface area contributed by atoms with Crippen LogP contribution in [0.15, 0.2) is 0 Å². The van der Waals surface area contributed by atoms with Gasteiger partial charge < -0.3 is 60.2 Å². The number of rotatable bonds is 16. The molecule has 0 bridgehead atoms. The molecular formula is C57H100N8O15. The summed E-state index contributed by atoms with van der Waals surface area (Å²) in [4.78, 5) is 162. The van der Waals surface area contributed by atoms with Crippen molar-refractivity contribution in [3.8, 4) is 0 Å². The Balaban J connectivity index is 4.37. The van der Waals surface area contributed by atoms with Crippen molar-refractivity contribution in [3.05, 3.63) is 0 Å². The zero-order valence-corrected chi connectivity index (χ0v) is 52.0. The minimum Gasteiger partial charge on any atom is -0.458 e. The maximum atomic E-state index is 14.7. The number of carbonyl (C=O) groups excluding carboxylic acids is 11. The van der Waals surface area contributed by atoms with Crippen LogP contribution in [0.5, 0.6) is 0 Å². The zero-order chi connectivity index (χ0) is 62.1. The summed E-state index contributed by atoms with van der Waals surface area (Å²) in [5, 5.41) is 21.7. The number of hydrogen-bond acceptors (Lipinski definition) is 15. The lowest BCUT2D eigenvalue weighted by molar-refractivity contribution is -0.181. The molecule has 1 aliphatic rings. The van der Waals surface area contributed by atoms with E-state index >= 15 is 0 Å². The molecule has 5 N–H and O–H groups in total. The molecule has 0 aliphatic carbocycles. The number of esters is 3. The molecule has 0 aromatic carbocycles. The maximum Gasteiger partial charge on any atom is 0.348 e. The molecule has 458 valence electrons. The number of ether oxygens (including phenoxy) is 3. The Morgan fingerprint density at radius 2 is 1.10 bits per heavy atom. The van der Waals surface area contributed by atoms with Gasteiger partial charge in [-0.2, -0.15) is 0 Å². The van der Waals surface area contributed by atoms with Crippen LogP contribution in [0.25, 0.3) is 0 Å². The van der Waals surface area contributed by atoms with Crippen LogP contribution in [0.2, 0.25) is 0 Å². The lowest BCUT2D eigenvalue weighted by Gasteiger charge is -2.37. The van der Waals surface area contributed by atoms with E-state index in [0.717, 1.165) is 14.7 Å². The number of carbonyl (C=O) groups is 11. The number of aliphatic hydroxyl groups excluding tert-OH is 1. The smallest absolute Gasteiger partial charge is 0.348 e. The van der Waals surface area contributed by atoms with Gasteiger partial charge in [0.2, 0.25) is 47.5 Å². The summed E-state index contributed by atoms with van der Waals surface area (Å²) in [6, 6.07) is -11.1. The van der Waals surface area contributed by atoms with E-state index in [2.05, 4.69) is 21.3 Å². The molecule has 1 fully saturated rings. The molecule has 14 atom stereocenters. The highest BCUT2D eigenvalue weighted by atomic mass is 16.6. The minimum atomic E-state index is -1.85. The third kappa shape index (κ3) is 20.3. The Kier molecular flexibility index (Phi) is 29.3. The first kappa shape index (κ1) is 72.1. The molecule has 1 saturated heterocycles. The van der Waals surface area contributed by atoms with Gasteiger partial charge >= 0.3 is 17.9 Å². The summed E-state index contributed by atoms with van der Waals surface area (Å²) in [6.45, 7) is 29.4. The molecule has 23 heteroatoms. The van der Waals surface area contributed by atoms with E-state index in [1.807, 2.05) is 13.8 Å². The molecule has 0 aromatic heterocycles. The van der Waals surface area contributed by atoms with Gasteiger partial charge in [-0.25, -0.2) is 14.4 Å². The Labute approximate surface area is 475 Å². The van der Waals surface area contributed by atoms with Gasteiger partial charge in [-0.15, -0.1) is 0 Å². The van der Waals surface area contributed by atoms with Crippen molar-refractivity contribution in [2.24, 2.45) is 41.4 Å². The van der Waals surface area contributed by atoms with E-state index in [0.29, 0.717) is 12.8 Å². The van der Waals surface area contributed by atoms with Gasteiger partial charge in [0.15, 0.2) is 12.1 Å². The standard InChI is InChI=1S/C57H100N8O15/c1-23-33(13)42-53(73)63(20)39(25-28(3)4)48(68)60-43(36(16)66)54(74)65(22)45(31(9)10)50(70)58-35(15)52(72)64(21)40(26-29(5)6)55(75)78-37(17)44(61-51(71)46(34(14)24-2)62(19)38(18)67)56(76)80-47(32(11)12)57(77)79-41(27-30(7)8)49(69)59-42/h28-37,39-47,66H,23-27H2,1-22H3,(H,58,70)(H,59,69)(H,60,68)(H,61,71)/t33-,34-,35-,36+,37+,39-,40-,41-,42-,43-,44-,45-,46-,47-/m0/s1. The fraction of sp³-hybridized carbons (Fsp3) is 0.807. The van der Waals surface area contributed by atoms with E-state index in [1.54, 1.807) is 83.1 Å². The van der Waals surface area contributed by atoms with Crippen LogP contribution in [0.3, 0.4) is 0 Å². The molecule has 0 unspecified atom stereocenters. The van der Waals surface area contributed by atoms with E-state index in [9.17, 15) is 57.8 Å². The van der Waals surface area contributed by atoms with Crippen LogP contribution < -0.4 is 21.3 Å². The largest absolute Gasteiger partial charge is 0.458 e. The highest BCUT2D eigenvalue weighted by Gasteiger charge is 2.45. The Morgan fingerprint density at radius 1 is 0.600 bits per heavy atom. The highest BCUT2D eigenvalue weighted by Crippen LogP contribution is 2.23. The number of hydrogen-bond donors (Lipinski definition) is 5. The van der Waals surface area contributed by atoms with Crippen LogP contribution in [-0.2, 0) is 67.0 Å². The van der Waals surface area contributed by atoms with Gasteiger partial charge in [-0.05, 0) is 75.5 Å². The van der Waals surface area contributed by atoms with Gasteiger partial charge in [0.05, 0.1) is 6.10 Å². The Bertz CT molecular complexity index is 2150. The van der Waals surface area contributed by atoms with E-state index in [1.165, 1.54) is 60.8 Å². The monoisotopic (exact) mass is 1140 g/mol. The molecule has 1 rings (SSSR count). The average Bonchev–Trinajstić information content (AvgIpc) is 3.35. The lowest BCUT2D eigenvalue weighted by Crippen LogP contribution is -2.63. The van der Waals surface area contributed by atoms with Crippen LogP contribution >= 0.6 is 0 Å². The summed E-state index contributed by atoms with van der Waals surface area (Å²) >= 11 is 0. The molecule has 23 nitrogen and oxygen atoms in total. The third-order valence-corrected chi connectivity index (χ3v) is 14.8. The second-order valence-electron chi connectivity index (χ2n) is 23.9. The quantitative estimate of drug-likeness (QED) is 0.110. The van der Waals surface area contributed by atoms with Gasteiger partial charge in [0.25, 0.3) is 5.91 Å². The van der Waals surface area contributed by atoms with Crippen molar-refractivity contribution in [2.75, 3.05) is 28.2 Å². The van der Waals surface area contributed by atoms with Crippen molar-refractivity contribution in [1.82, 2.24) is 40.9 Å². The minimum absolute atomic E-state index is 0.0141. The first-order chi connectivity index (χ1) is 36.9. The van der Waals surface area contributed by atoms with Crippen LogP contribution in [-0.4, -0.2) is 191 Å². The van der Waals surface area contributed by atoms with Crippen LogP contribution in [0, 0.1) is 41.4 Å². The van der Waals surface area contributed by atoms with Crippen molar-refractivity contribution in [1.29, 1.82) is 0 Å². The molecule has 0 spiro atoms. The maximum absolute atomic E-state index is 14.7. The second-order valence-corrected chi connectivity index (χ2v) is 23.9. The van der Waals surface area contributed by atoms with Gasteiger partial charge in [0.1, 0.15) is 48.4 Å². The Hall–Kier alpha value is -5.87. The van der Waals surface area contributed by atoms with E-state index in [-0.39, 0.29) is 37.0 Å². The normalized spacial score (nSPS) is 27.1. The second kappa shape index (κ2) is 32.5. The molecular weight excluding hydrogens is 1040 g/mol. The first-order valence-corrected chi connectivity index (χ1v) is 28.4. The summed E-state index contributed by atoms with van der Waals surface area (Å²) in [5.41, 5.74) is 0. The summed E-state index contributed by atoms with van der Waals surface area (Å²) in [6.07, 6.45) is -5.59. The zero-order valence-electron chi connectivity index (χ0n) is 52.0. The van der Waals surface area contributed by atoms with Crippen LogP contribution in [0.4, 0.5) is 0 Å². The summed E-state index contributed by atoms with van der Waals surface area (Å²) < 4.78 is 17.7. The van der Waals surface area contributed by atoms with E-state index in [4.69, 9.17) is 14.2 Å². The molecule has 80 heavy (non-hydrogen) atoms. The van der Waals surface area contributed by atoms with Crippen molar-refractivity contribution in [3.63, 3.8) is 0 Å². The number of cyclic esters (lactones) is 3. The van der Waals surface area contributed by atoms with E-state index < -0.39 is 162 Å². The highest BCUT2D eigenvalue weighted by molar-refractivity contribution is 5.98. The number of aliphatic hydroxyl groups is 1. The molecule has 0 saturated carbocycles. The number of nitrogens with one attached hydrogen (secondary N) is 4. The van der Waals surface area contributed by atoms with Gasteiger partial charge in [-0.1, -0.05) is 110 Å². The Morgan fingerprint density at radius 3 is 1.56 bits per heavy atom. The first-order valence-electron chi connectivity index (χ1n) is 28.4. The SMILES string of the molecule is CC[C@H](C)[C@@H]1NC(=O)[C@H](CC(C)C)OC(=O)[C@H](C(C)C)OC(=O)[C@@H](NC(=O)[C@H]([C@@H](C)CC)N(C)C(C)=O)[C@@H](C)OC(=O)[C@H](CC(C)C)N(C)C(=O)[C@H](C)NC(=O)[C@H](C(C)C)N(C)C(=O)[C@H]([C@@H](C)O)NC(=O)[C@H](CC(C)C)N(C)C1=O. The topological polar surface area (TPSA) is 297 Å². The van der Waals surface area contributed by atoms with Crippen LogP contribution in [0.1, 0.15) is 157 Å². The number of likely N-dealkylation sites (N-methyl/N-ethyl adjacent to an activating group) is 4. The van der Waals surface area contributed by atoms with Gasteiger partial charge in [-0.3, -0.25) is 38.4 Å². The molecule has 0 aromatic rings. The molecule has 0 radical (unpaired) electrons. The average molecular weight is 1140 g/mol. The summed E-state index contributed by atoms with van der Waals surface area (Å²) in [7, 11) is 5.43. The molecule has 1 heterocycles. The third-order valence-electron chi connectivity index (χ3n) is 14.8. The van der Waals surface area contributed by atoms with Crippen molar-refractivity contribution < 1.29 is 72.1 Å². The lowest BCUT2D eigenvalue weighted by atomic mass is 9.94. The fourth-order valence-corrected chi connectivity index (χ4v) is 9.46. The number of nitrogens with zero attached hydrogens (tertiary/aromatic N) is 4. The number of amides is 8. The fourth-order valence-electron chi connectivity index (χ4n) is 9.46. The van der Waals surface area contributed by atoms with Crippen molar-refractivity contribution in [2.45, 2.75) is 229 Å².